The molecule has 4 nitrogen and oxygen atoms in total. The van der Waals surface area contributed by atoms with Gasteiger partial charge in [0, 0.05) is 23.6 Å². The molecular weight excluding hydrogens is 250 g/mol. The highest BCUT2D eigenvalue weighted by Crippen LogP contribution is 2.44. The third kappa shape index (κ3) is 2.70. The van der Waals surface area contributed by atoms with E-state index in [9.17, 15) is 4.79 Å². The van der Waals surface area contributed by atoms with Crippen molar-refractivity contribution in [1.29, 1.82) is 0 Å². The molecule has 1 saturated carbocycles. The molecule has 0 aliphatic heterocycles. The van der Waals surface area contributed by atoms with E-state index < -0.39 is 6.04 Å². The van der Waals surface area contributed by atoms with Crippen LogP contribution < -0.4 is 11.1 Å². The summed E-state index contributed by atoms with van der Waals surface area (Å²) in [6, 6.07) is 7.58. The van der Waals surface area contributed by atoms with Crippen LogP contribution in [0.5, 0.6) is 0 Å². The van der Waals surface area contributed by atoms with Crippen LogP contribution in [0.1, 0.15) is 25.3 Å². The number of rotatable bonds is 5. The Hall–Kier alpha value is -1.81. The smallest absolute Gasteiger partial charge is 0.237 e. The molecule has 4 heteroatoms. The molecule has 0 saturated heterocycles. The molecule has 1 aliphatic carbocycles. The van der Waals surface area contributed by atoms with E-state index in [1.54, 1.807) is 0 Å². The van der Waals surface area contributed by atoms with E-state index in [1.807, 2.05) is 24.4 Å². The van der Waals surface area contributed by atoms with Crippen LogP contribution in [0.4, 0.5) is 0 Å². The molecule has 1 aromatic heterocycles. The zero-order chi connectivity index (χ0) is 14.2. The molecule has 0 unspecified atom stereocenters. The molecular formula is C16H21N3O. The van der Waals surface area contributed by atoms with E-state index in [0.29, 0.717) is 11.8 Å². The number of fused-ring (bicyclic) bond motifs is 1. The van der Waals surface area contributed by atoms with Gasteiger partial charge < -0.3 is 16.0 Å². The fraction of sp³-hybridized carbons (Fsp3) is 0.438. The molecule has 1 fully saturated rings. The molecule has 3 rings (SSSR count). The first kappa shape index (κ1) is 13.2. The predicted molar refractivity (Wildman–Crippen MR) is 80.3 cm³/mol. The average molecular weight is 271 g/mol. The fourth-order valence-electron chi connectivity index (χ4n) is 2.45. The predicted octanol–water partition coefficient (Wildman–Crippen LogP) is 1.95. The van der Waals surface area contributed by atoms with Crippen LogP contribution in [0, 0.1) is 5.41 Å². The molecule has 2 aromatic rings. The van der Waals surface area contributed by atoms with Crippen molar-refractivity contribution < 1.29 is 4.79 Å². The van der Waals surface area contributed by atoms with Gasteiger partial charge in [0.15, 0.2) is 0 Å². The van der Waals surface area contributed by atoms with Gasteiger partial charge in [-0.25, -0.2) is 0 Å². The number of aromatic amines is 1. The second kappa shape index (κ2) is 4.94. The first-order valence-electron chi connectivity index (χ1n) is 7.16. The Bertz CT molecular complexity index is 627. The Morgan fingerprint density at radius 1 is 1.45 bits per heavy atom. The highest BCUT2D eigenvalue weighted by molar-refractivity contribution is 5.86. The van der Waals surface area contributed by atoms with Gasteiger partial charge >= 0.3 is 0 Å². The van der Waals surface area contributed by atoms with E-state index in [-0.39, 0.29) is 5.91 Å². The summed E-state index contributed by atoms with van der Waals surface area (Å²) in [5.41, 5.74) is 8.52. The molecule has 1 amide bonds. The lowest BCUT2D eigenvalue weighted by Crippen LogP contribution is -2.43. The monoisotopic (exact) mass is 271 g/mol. The molecule has 0 bridgehead atoms. The van der Waals surface area contributed by atoms with E-state index >= 15 is 0 Å². The second-order valence-electron chi connectivity index (χ2n) is 6.20. The summed E-state index contributed by atoms with van der Waals surface area (Å²) in [5, 5.41) is 4.11. The Morgan fingerprint density at radius 3 is 2.95 bits per heavy atom. The fourth-order valence-corrected chi connectivity index (χ4v) is 2.45. The van der Waals surface area contributed by atoms with Crippen molar-refractivity contribution in [2.45, 2.75) is 32.2 Å². The number of H-pyrrole nitrogens is 1. The van der Waals surface area contributed by atoms with Gasteiger partial charge in [0.25, 0.3) is 0 Å². The molecule has 1 aromatic carbocycles. The lowest BCUT2D eigenvalue weighted by Gasteiger charge is -2.14. The molecule has 1 heterocycles. The SMILES string of the molecule is CC1(CNC(=O)[C@H](N)Cc2c[nH]c3ccccc23)CC1. The zero-order valence-corrected chi connectivity index (χ0v) is 11.8. The normalized spacial score (nSPS) is 17.9. The average Bonchev–Trinajstić information content (AvgIpc) is 3.06. The maximum atomic E-state index is 12.0. The number of carbonyl (C=O) groups excluding carboxylic acids is 1. The van der Waals surface area contributed by atoms with Crippen molar-refractivity contribution in [1.82, 2.24) is 10.3 Å². The van der Waals surface area contributed by atoms with Crippen LogP contribution in [-0.4, -0.2) is 23.5 Å². The van der Waals surface area contributed by atoms with Crippen molar-refractivity contribution in [3.63, 3.8) is 0 Å². The summed E-state index contributed by atoms with van der Waals surface area (Å²) >= 11 is 0. The maximum Gasteiger partial charge on any atom is 0.237 e. The van der Waals surface area contributed by atoms with Crippen LogP contribution in [0.15, 0.2) is 30.5 Å². The standard InChI is InChI=1S/C16H21N3O/c1-16(6-7-16)10-19-15(20)13(17)8-11-9-18-14-5-3-2-4-12(11)14/h2-5,9,13,18H,6-8,10,17H2,1H3,(H,19,20)/t13-/m1/s1. The van der Waals surface area contributed by atoms with Crippen LogP contribution in [0.2, 0.25) is 0 Å². The Labute approximate surface area is 118 Å². The quantitative estimate of drug-likeness (QED) is 0.778. The van der Waals surface area contributed by atoms with Crippen LogP contribution in [-0.2, 0) is 11.2 Å². The van der Waals surface area contributed by atoms with Gasteiger partial charge in [-0.05, 0) is 36.3 Å². The van der Waals surface area contributed by atoms with Crippen molar-refractivity contribution in [3.05, 3.63) is 36.0 Å². The minimum absolute atomic E-state index is 0.0524. The van der Waals surface area contributed by atoms with E-state index in [1.165, 1.54) is 12.8 Å². The second-order valence-corrected chi connectivity index (χ2v) is 6.20. The third-order valence-electron chi connectivity index (χ3n) is 4.24. The molecule has 0 spiro atoms. The Balaban J connectivity index is 1.63. The lowest BCUT2D eigenvalue weighted by molar-refractivity contribution is -0.122. The summed E-state index contributed by atoms with van der Waals surface area (Å²) in [6.07, 6.45) is 4.91. The summed E-state index contributed by atoms with van der Waals surface area (Å²) in [5.74, 6) is -0.0524. The number of carbonyl (C=O) groups is 1. The Morgan fingerprint density at radius 2 is 2.20 bits per heavy atom. The van der Waals surface area contributed by atoms with Gasteiger partial charge in [0.2, 0.25) is 5.91 Å². The number of para-hydroxylation sites is 1. The summed E-state index contributed by atoms with van der Waals surface area (Å²) < 4.78 is 0. The molecule has 0 radical (unpaired) electrons. The highest BCUT2D eigenvalue weighted by atomic mass is 16.2. The molecule has 1 atom stereocenters. The van der Waals surface area contributed by atoms with Gasteiger partial charge in [-0.3, -0.25) is 4.79 Å². The number of hydrogen-bond donors (Lipinski definition) is 3. The van der Waals surface area contributed by atoms with E-state index in [0.717, 1.165) is 23.0 Å². The number of hydrogen-bond acceptors (Lipinski definition) is 2. The van der Waals surface area contributed by atoms with Gasteiger partial charge in [-0.15, -0.1) is 0 Å². The van der Waals surface area contributed by atoms with Gasteiger partial charge in [0.1, 0.15) is 0 Å². The molecule has 20 heavy (non-hydrogen) atoms. The van der Waals surface area contributed by atoms with Crippen LogP contribution in [0.3, 0.4) is 0 Å². The number of amides is 1. The van der Waals surface area contributed by atoms with E-state index in [4.69, 9.17) is 5.73 Å². The third-order valence-corrected chi connectivity index (χ3v) is 4.24. The molecule has 1 aliphatic rings. The first-order valence-corrected chi connectivity index (χ1v) is 7.16. The lowest BCUT2D eigenvalue weighted by atomic mass is 10.0. The topological polar surface area (TPSA) is 70.9 Å². The van der Waals surface area contributed by atoms with E-state index in [2.05, 4.69) is 23.3 Å². The summed E-state index contributed by atoms with van der Waals surface area (Å²) in [6.45, 7) is 2.94. The van der Waals surface area contributed by atoms with Crippen molar-refractivity contribution >= 4 is 16.8 Å². The zero-order valence-electron chi connectivity index (χ0n) is 11.8. The Kier molecular flexibility index (Phi) is 3.26. The molecule has 4 N–H and O–H groups in total. The largest absolute Gasteiger partial charge is 0.361 e. The minimum Gasteiger partial charge on any atom is -0.361 e. The number of nitrogens with one attached hydrogen (secondary N) is 2. The minimum atomic E-state index is -0.489. The van der Waals surface area contributed by atoms with Crippen molar-refractivity contribution in [3.8, 4) is 0 Å². The number of benzene rings is 1. The maximum absolute atomic E-state index is 12.0. The van der Waals surface area contributed by atoms with Crippen molar-refractivity contribution in [2.75, 3.05) is 6.54 Å². The van der Waals surface area contributed by atoms with Gasteiger partial charge in [-0.2, -0.15) is 0 Å². The van der Waals surface area contributed by atoms with Crippen LogP contribution in [0.25, 0.3) is 10.9 Å². The van der Waals surface area contributed by atoms with Crippen molar-refractivity contribution in [2.24, 2.45) is 11.1 Å². The highest BCUT2D eigenvalue weighted by Gasteiger charge is 2.37. The molecule has 106 valence electrons. The van der Waals surface area contributed by atoms with Gasteiger partial charge in [-0.1, -0.05) is 25.1 Å². The number of nitrogens with two attached hydrogens (primary N) is 1. The number of aromatic nitrogens is 1. The summed E-state index contributed by atoms with van der Waals surface area (Å²) in [4.78, 5) is 15.2. The first-order chi connectivity index (χ1) is 9.57. The van der Waals surface area contributed by atoms with Gasteiger partial charge in [0.05, 0.1) is 6.04 Å². The van der Waals surface area contributed by atoms with Crippen LogP contribution >= 0.6 is 0 Å². The summed E-state index contributed by atoms with van der Waals surface area (Å²) in [7, 11) is 0.